The fourth-order valence-corrected chi connectivity index (χ4v) is 2.12. The van der Waals surface area contributed by atoms with Crippen LogP contribution in [0.5, 0.6) is 0 Å². The smallest absolute Gasteiger partial charge is 0.151 e. The number of aryl methyl sites for hydroxylation is 1. The van der Waals surface area contributed by atoms with Crippen LogP contribution in [0, 0.1) is 6.92 Å². The first-order valence-corrected chi connectivity index (χ1v) is 5.08. The van der Waals surface area contributed by atoms with Crippen LogP contribution in [0.25, 0.3) is 21.8 Å². The summed E-state index contributed by atoms with van der Waals surface area (Å²) in [5.74, 6) is 0.455. The molecule has 3 aromatic rings. The standard InChI is InChI=1S/C12H11N3O/c1-7-12-8-4-2-3-5-9(8)14-10(12)6-11(13-7)15-16/h2-6,14,16H,1H3,(H,13,15). The fourth-order valence-electron chi connectivity index (χ4n) is 2.12. The van der Waals surface area contributed by atoms with E-state index in [4.69, 9.17) is 5.21 Å². The van der Waals surface area contributed by atoms with Gasteiger partial charge in [-0.3, -0.25) is 10.7 Å². The first kappa shape index (κ1) is 9.18. The summed E-state index contributed by atoms with van der Waals surface area (Å²) in [6, 6.07) is 9.89. The molecule has 0 saturated carbocycles. The summed E-state index contributed by atoms with van der Waals surface area (Å²) in [4.78, 5) is 7.56. The van der Waals surface area contributed by atoms with Crippen molar-refractivity contribution in [1.82, 2.24) is 9.97 Å². The van der Waals surface area contributed by atoms with Gasteiger partial charge in [0, 0.05) is 28.0 Å². The lowest BCUT2D eigenvalue weighted by molar-refractivity contribution is 0.386. The van der Waals surface area contributed by atoms with Crippen molar-refractivity contribution in [3.63, 3.8) is 0 Å². The minimum atomic E-state index is 0.455. The lowest BCUT2D eigenvalue weighted by Crippen LogP contribution is -1.94. The number of fused-ring (bicyclic) bond motifs is 3. The van der Waals surface area contributed by atoms with Gasteiger partial charge in [0.2, 0.25) is 0 Å². The second-order valence-electron chi connectivity index (χ2n) is 3.80. The van der Waals surface area contributed by atoms with Crippen molar-refractivity contribution >= 4 is 27.6 Å². The number of benzene rings is 1. The Morgan fingerprint density at radius 3 is 2.88 bits per heavy atom. The molecule has 0 radical (unpaired) electrons. The maximum absolute atomic E-state index is 8.87. The van der Waals surface area contributed by atoms with Crippen molar-refractivity contribution in [2.75, 3.05) is 5.48 Å². The molecule has 0 aliphatic rings. The minimum Gasteiger partial charge on any atom is -0.354 e. The largest absolute Gasteiger partial charge is 0.354 e. The molecule has 0 saturated heterocycles. The molecule has 0 unspecified atom stereocenters. The van der Waals surface area contributed by atoms with Crippen molar-refractivity contribution in [3.8, 4) is 0 Å². The van der Waals surface area contributed by atoms with Gasteiger partial charge in [0.25, 0.3) is 0 Å². The van der Waals surface area contributed by atoms with E-state index >= 15 is 0 Å². The molecule has 16 heavy (non-hydrogen) atoms. The van der Waals surface area contributed by atoms with Crippen LogP contribution in [-0.4, -0.2) is 15.2 Å². The molecule has 3 rings (SSSR count). The monoisotopic (exact) mass is 213 g/mol. The Balaban J connectivity index is 2.50. The Bertz CT molecular complexity index is 672. The fraction of sp³-hybridized carbons (Fsp3) is 0.0833. The third-order valence-electron chi connectivity index (χ3n) is 2.78. The average molecular weight is 213 g/mol. The van der Waals surface area contributed by atoms with Crippen molar-refractivity contribution in [2.24, 2.45) is 0 Å². The Morgan fingerprint density at radius 2 is 2.06 bits per heavy atom. The zero-order valence-electron chi connectivity index (χ0n) is 8.78. The van der Waals surface area contributed by atoms with E-state index < -0.39 is 0 Å². The van der Waals surface area contributed by atoms with E-state index in [0.717, 1.165) is 27.5 Å². The summed E-state index contributed by atoms with van der Waals surface area (Å²) in [7, 11) is 0. The number of nitrogens with zero attached hydrogens (tertiary/aromatic N) is 1. The molecule has 0 amide bonds. The van der Waals surface area contributed by atoms with Crippen LogP contribution in [0.2, 0.25) is 0 Å². The van der Waals surface area contributed by atoms with E-state index in [-0.39, 0.29) is 0 Å². The van der Waals surface area contributed by atoms with Crippen LogP contribution in [0.1, 0.15) is 5.69 Å². The molecule has 1 aromatic carbocycles. The third-order valence-corrected chi connectivity index (χ3v) is 2.78. The van der Waals surface area contributed by atoms with E-state index in [2.05, 4.69) is 21.5 Å². The number of anilines is 1. The molecule has 0 atom stereocenters. The number of aromatic nitrogens is 2. The number of H-pyrrole nitrogens is 1. The highest BCUT2D eigenvalue weighted by atomic mass is 16.5. The first-order chi connectivity index (χ1) is 7.79. The summed E-state index contributed by atoms with van der Waals surface area (Å²) in [6.07, 6.45) is 0. The molecule has 2 aromatic heterocycles. The maximum Gasteiger partial charge on any atom is 0.151 e. The molecular formula is C12H11N3O. The maximum atomic E-state index is 8.87. The summed E-state index contributed by atoms with van der Waals surface area (Å²) in [5.41, 5.74) is 5.03. The summed E-state index contributed by atoms with van der Waals surface area (Å²) >= 11 is 0. The highest BCUT2D eigenvalue weighted by Gasteiger charge is 2.08. The molecule has 0 aliphatic carbocycles. The molecule has 0 spiro atoms. The van der Waals surface area contributed by atoms with Crippen molar-refractivity contribution in [2.45, 2.75) is 6.92 Å². The molecule has 0 bridgehead atoms. The molecule has 0 aliphatic heterocycles. The van der Waals surface area contributed by atoms with Crippen LogP contribution in [0.4, 0.5) is 5.82 Å². The molecule has 80 valence electrons. The number of hydrogen-bond acceptors (Lipinski definition) is 3. The van der Waals surface area contributed by atoms with Gasteiger partial charge in [-0.05, 0) is 13.0 Å². The highest BCUT2D eigenvalue weighted by molar-refractivity contribution is 6.08. The summed E-state index contributed by atoms with van der Waals surface area (Å²) in [6.45, 7) is 1.93. The van der Waals surface area contributed by atoms with Gasteiger partial charge in [-0.15, -0.1) is 0 Å². The van der Waals surface area contributed by atoms with Crippen molar-refractivity contribution in [1.29, 1.82) is 0 Å². The first-order valence-electron chi connectivity index (χ1n) is 5.08. The van der Waals surface area contributed by atoms with E-state index in [1.165, 1.54) is 0 Å². The Kier molecular flexibility index (Phi) is 1.84. The zero-order valence-corrected chi connectivity index (χ0v) is 8.78. The van der Waals surface area contributed by atoms with Gasteiger partial charge >= 0.3 is 0 Å². The van der Waals surface area contributed by atoms with E-state index in [1.807, 2.05) is 25.1 Å². The van der Waals surface area contributed by atoms with E-state index in [0.29, 0.717) is 5.82 Å². The van der Waals surface area contributed by atoms with Gasteiger partial charge in [0.15, 0.2) is 5.82 Å². The molecule has 2 heterocycles. The molecular weight excluding hydrogens is 202 g/mol. The summed E-state index contributed by atoms with van der Waals surface area (Å²) in [5, 5.41) is 11.1. The Morgan fingerprint density at radius 1 is 1.25 bits per heavy atom. The van der Waals surface area contributed by atoms with E-state index in [1.54, 1.807) is 6.07 Å². The van der Waals surface area contributed by atoms with Crippen LogP contribution < -0.4 is 5.48 Å². The predicted molar refractivity (Wildman–Crippen MR) is 63.7 cm³/mol. The molecule has 4 nitrogen and oxygen atoms in total. The zero-order chi connectivity index (χ0) is 11.1. The van der Waals surface area contributed by atoms with Crippen LogP contribution in [0.15, 0.2) is 30.3 Å². The summed E-state index contributed by atoms with van der Waals surface area (Å²) < 4.78 is 0. The van der Waals surface area contributed by atoms with Crippen LogP contribution in [0.3, 0.4) is 0 Å². The second-order valence-corrected chi connectivity index (χ2v) is 3.80. The normalized spacial score (nSPS) is 11.1. The molecule has 4 heteroatoms. The van der Waals surface area contributed by atoms with Crippen molar-refractivity contribution < 1.29 is 5.21 Å². The van der Waals surface area contributed by atoms with Crippen molar-refractivity contribution in [3.05, 3.63) is 36.0 Å². The number of hydrogen-bond donors (Lipinski definition) is 3. The quantitative estimate of drug-likeness (QED) is 0.545. The van der Waals surface area contributed by atoms with Gasteiger partial charge in [-0.1, -0.05) is 18.2 Å². The second kappa shape index (κ2) is 3.21. The van der Waals surface area contributed by atoms with Gasteiger partial charge < -0.3 is 4.98 Å². The Labute approximate surface area is 91.9 Å². The number of aromatic amines is 1. The molecule has 0 fully saturated rings. The van der Waals surface area contributed by atoms with Gasteiger partial charge in [-0.2, -0.15) is 0 Å². The Hall–Kier alpha value is -2.07. The van der Waals surface area contributed by atoms with E-state index in [9.17, 15) is 0 Å². The third kappa shape index (κ3) is 1.17. The van der Waals surface area contributed by atoms with Gasteiger partial charge in [0.05, 0.1) is 5.52 Å². The molecule has 3 N–H and O–H groups in total. The SMILES string of the molecule is Cc1nc(NO)cc2[nH]c3ccccc3c12. The number of pyridine rings is 1. The lowest BCUT2D eigenvalue weighted by atomic mass is 10.1. The van der Waals surface area contributed by atoms with Gasteiger partial charge in [-0.25, -0.2) is 4.98 Å². The average Bonchev–Trinajstić information content (AvgIpc) is 2.67. The number of para-hydroxylation sites is 1. The topological polar surface area (TPSA) is 60.9 Å². The number of nitrogens with one attached hydrogen (secondary N) is 2. The van der Waals surface area contributed by atoms with Gasteiger partial charge in [0.1, 0.15) is 0 Å². The lowest BCUT2D eigenvalue weighted by Gasteiger charge is -2.01. The predicted octanol–water partition coefficient (Wildman–Crippen LogP) is 2.83. The minimum absolute atomic E-state index is 0.455. The highest BCUT2D eigenvalue weighted by Crippen LogP contribution is 2.28. The van der Waals surface area contributed by atoms with Crippen LogP contribution in [-0.2, 0) is 0 Å². The van der Waals surface area contributed by atoms with Crippen LogP contribution >= 0.6 is 0 Å². The number of rotatable bonds is 1.